The van der Waals surface area contributed by atoms with Crippen molar-refractivity contribution in [3.63, 3.8) is 0 Å². The van der Waals surface area contributed by atoms with Crippen LogP contribution in [0.4, 0.5) is 5.69 Å². The maximum atomic E-state index is 10.1. The fourth-order valence-corrected chi connectivity index (χ4v) is 2.07. The SMILES string of the molecule is O=CNCCc1ccc(N2CCNCC2)cc1. The van der Waals surface area contributed by atoms with Gasteiger partial charge in [0.15, 0.2) is 0 Å². The van der Waals surface area contributed by atoms with Gasteiger partial charge in [-0.1, -0.05) is 12.1 Å². The molecular formula is C13H19N3O. The molecule has 1 amide bonds. The van der Waals surface area contributed by atoms with Gasteiger partial charge in [-0.05, 0) is 24.1 Å². The average molecular weight is 233 g/mol. The minimum atomic E-state index is 0.705. The summed E-state index contributed by atoms with van der Waals surface area (Å²) in [7, 11) is 0. The van der Waals surface area contributed by atoms with Crippen molar-refractivity contribution in [3.8, 4) is 0 Å². The van der Waals surface area contributed by atoms with E-state index in [1.807, 2.05) is 0 Å². The lowest BCUT2D eigenvalue weighted by atomic mass is 10.1. The van der Waals surface area contributed by atoms with E-state index in [0.717, 1.165) is 39.0 Å². The van der Waals surface area contributed by atoms with Crippen LogP contribution in [0.25, 0.3) is 0 Å². The van der Waals surface area contributed by atoms with E-state index >= 15 is 0 Å². The van der Waals surface area contributed by atoms with E-state index in [0.29, 0.717) is 6.54 Å². The van der Waals surface area contributed by atoms with Gasteiger partial charge in [-0.3, -0.25) is 4.79 Å². The van der Waals surface area contributed by atoms with Crippen molar-refractivity contribution in [3.05, 3.63) is 29.8 Å². The first-order valence-electron chi connectivity index (χ1n) is 6.12. The van der Waals surface area contributed by atoms with Crippen LogP contribution in [-0.2, 0) is 11.2 Å². The van der Waals surface area contributed by atoms with E-state index in [-0.39, 0.29) is 0 Å². The molecular weight excluding hydrogens is 214 g/mol. The van der Waals surface area contributed by atoms with Crippen LogP contribution in [0.5, 0.6) is 0 Å². The van der Waals surface area contributed by atoms with E-state index in [9.17, 15) is 4.79 Å². The van der Waals surface area contributed by atoms with Crippen LogP contribution in [0, 0.1) is 0 Å². The number of hydrogen-bond acceptors (Lipinski definition) is 3. The van der Waals surface area contributed by atoms with Gasteiger partial charge in [0.25, 0.3) is 0 Å². The zero-order valence-corrected chi connectivity index (χ0v) is 9.98. The Morgan fingerprint density at radius 1 is 1.24 bits per heavy atom. The van der Waals surface area contributed by atoms with Gasteiger partial charge in [0.2, 0.25) is 6.41 Å². The molecule has 4 nitrogen and oxygen atoms in total. The highest BCUT2D eigenvalue weighted by Crippen LogP contribution is 2.15. The highest BCUT2D eigenvalue weighted by atomic mass is 16.1. The molecule has 0 radical (unpaired) electrons. The number of rotatable bonds is 5. The van der Waals surface area contributed by atoms with Crippen molar-refractivity contribution in [1.29, 1.82) is 0 Å². The van der Waals surface area contributed by atoms with E-state index in [4.69, 9.17) is 0 Å². The van der Waals surface area contributed by atoms with Gasteiger partial charge in [-0.25, -0.2) is 0 Å². The third kappa shape index (κ3) is 3.46. The van der Waals surface area contributed by atoms with Crippen LogP contribution in [0.15, 0.2) is 24.3 Å². The number of piperazine rings is 1. The molecule has 0 aromatic heterocycles. The molecule has 1 fully saturated rings. The second-order valence-corrected chi connectivity index (χ2v) is 4.23. The topological polar surface area (TPSA) is 44.4 Å². The number of amides is 1. The van der Waals surface area contributed by atoms with Crippen molar-refractivity contribution in [2.45, 2.75) is 6.42 Å². The predicted molar refractivity (Wildman–Crippen MR) is 69.3 cm³/mol. The van der Waals surface area contributed by atoms with Crippen molar-refractivity contribution in [2.75, 3.05) is 37.6 Å². The van der Waals surface area contributed by atoms with Gasteiger partial charge < -0.3 is 15.5 Å². The van der Waals surface area contributed by atoms with E-state index in [2.05, 4.69) is 39.8 Å². The molecule has 1 aromatic rings. The Labute approximate surface area is 102 Å². The summed E-state index contributed by atoms with van der Waals surface area (Å²) in [6.07, 6.45) is 1.63. The first-order chi connectivity index (χ1) is 8.40. The maximum Gasteiger partial charge on any atom is 0.207 e. The normalized spacial score (nSPS) is 15.6. The summed E-state index contributed by atoms with van der Waals surface area (Å²) in [5, 5.41) is 6.02. The molecule has 4 heteroatoms. The molecule has 0 atom stereocenters. The molecule has 2 N–H and O–H groups in total. The van der Waals surface area contributed by atoms with E-state index in [1.165, 1.54) is 11.3 Å². The number of nitrogens with one attached hydrogen (secondary N) is 2. The summed E-state index contributed by atoms with van der Waals surface area (Å²) in [5.74, 6) is 0. The monoisotopic (exact) mass is 233 g/mol. The highest BCUT2D eigenvalue weighted by Gasteiger charge is 2.09. The number of benzene rings is 1. The molecule has 0 unspecified atom stereocenters. The van der Waals surface area contributed by atoms with Gasteiger partial charge in [-0.15, -0.1) is 0 Å². The van der Waals surface area contributed by atoms with Crippen LogP contribution >= 0.6 is 0 Å². The molecule has 1 heterocycles. The molecule has 2 rings (SSSR count). The Kier molecular flexibility index (Phi) is 4.38. The lowest BCUT2D eigenvalue weighted by Gasteiger charge is -2.29. The lowest BCUT2D eigenvalue weighted by molar-refractivity contribution is -0.109. The van der Waals surface area contributed by atoms with Crippen LogP contribution in [-0.4, -0.2) is 39.1 Å². The molecule has 92 valence electrons. The molecule has 1 aliphatic heterocycles. The van der Waals surface area contributed by atoms with Gasteiger partial charge in [-0.2, -0.15) is 0 Å². The Hall–Kier alpha value is -1.55. The summed E-state index contributed by atoms with van der Waals surface area (Å²) in [6.45, 7) is 4.98. The summed E-state index contributed by atoms with van der Waals surface area (Å²) in [4.78, 5) is 12.5. The van der Waals surface area contributed by atoms with Gasteiger partial charge in [0, 0.05) is 38.4 Å². The molecule has 1 saturated heterocycles. The summed E-state index contributed by atoms with van der Waals surface area (Å²) < 4.78 is 0. The van der Waals surface area contributed by atoms with Crippen LogP contribution in [0.1, 0.15) is 5.56 Å². The number of anilines is 1. The molecule has 1 aromatic carbocycles. The molecule has 0 saturated carbocycles. The average Bonchev–Trinajstić information content (AvgIpc) is 2.41. The number of hydrogen-bond donors (Lipinski definition) is 2. The summed E-state index contributed by atoms with van der Waals surface area (Å²) in [5.41, 5.74) is 2.55. The van der Waals surface area contributed by atoms with Gasteiger partial charge >= 0.3 is 0 Å². The fourth-order valence-electron chi connectivity index (χ4n) is 2.07. The lowest BCUT2D eigenvalue weighted by Crippen LogP contribution is -2.43. The fraction of sp³-hybridized carbons (Fsp3) is 0.462. The second kappa shape index (κ2) is 6.25. The quantitative estimate of drug-likeness (QED) is 0.571. The summed E-state index contributed by atoms with van der Waals surface area (Å²) in [6, 6.07) is 8.62. The predicted octanol–water partition coefficient (Wildman–Crippen LogP) is 0.385. The Balaban J connectivity index is 1.90. The maximum absolute atomic E-state index is 10.1. The summed E-state index contributed by atoms with van der Waals surface area (Å²) >= 11 is 0. The minimum absolute atomic E-state index is 0.705. The molecule has 1 aliphatic rings. The molecule has 17 heavy (non-hydrogen) atoms. The molecule has 0 aliphatic carbocycles. The molecule has 0 spiro atoms. The Bertz CT molecular complexity index is 344. The third-order valence-electron chi connectivity index (χ3n) is 3.06. The third-order valence-corrected chi connectivity index (χ3v) is 3.06. The van der Waals surface area contributed by atoms with E-state index < -0.39 is 0 Å². The molecule has 0 bridgehead atoms. The van der Waals surface area contributed by atoms with E-state index in [1.54, 1.807) is 0 Å². The number of carbonyl (C=O) groups is 1. The highest BCUT2D eigenvalue weighted by molar-refractivity contribution is 5.48. The standard InChI is InChI=1S/C13H19N3O/c17-11-15-6-5-12-1-3-13(4-2-12)16-9-7-14-8-10-16/h1-4,11,14H,5-10H2,(H,15,17). The van der Waals surface area contributed by atoms with Gasteiger partial charge in [0.05, 0.1) is 0 Å². The van der Waals surface area contributed by atoms with Crippen LogP contribution < -0.4 is 15.5 Å². The number of carbonyl (C=O) groups excluding carboxylic acids is 1. The Morgan fingerprint density at radius 3 is 2.59 bits per heavy atom. The van der Waals surface area contributed by atoms with Crippen molar-refractivity contribution in [1.82, 2.24) is 10.6 Å². The Morgan fingerprint density at radius 2 is 1.94 bits per heavy atom. The first-order valence-corrected chi connectivity index (χ1v) is 6.12. The van der Waals surface area contributed by atoms with Crippen molar-refractivity contribution >= 4 is 12.1 Å². The van der Waals surface area contributed by atoms with Crippen molar-refractivity contribution in [2.24, 2.45) is 0 Å². The minimum Gasteiger partial charge on any atom is -0.369 e. The second-order valence-electron chi connectivity index (χ2n) is 4.23. The smallest absolute Gasteiger partial charge is 0.207 e. The number of nitrogens with zero attached hydrogens (tertiary/aromatic N) is 1. The van der Waals surface area contributed by atoms with Gasteiger partial charge in [0.1, 0.15) is 0 Å². The van der Waals surface area contributed by atoms with Crippen LogP contribution in [0.3, 0.4) is 0 Å². The van der Waals surface area contributed by atoms with Crippen molar-refractivity contribution < 1.29 is 4.79 Å². The van der Waals surface area contributed by atoms with Crippen LogP contribution in [0.2, 0.25) is 0 Å². The zero-order valence-electron chi connectivity index (χ0n) is 9.98. The largest absolute Gasteiger partial charge is 0.369 e. The first kappa shape index (κ1) is 11.9. The zero-order chi connectivity index (χ0) is 11.9.